The molecule has 0 aromatic carbocycles. The Balaban J connectivity index is 1.87. The zero-order valence-corrected chi connectivity index (χ0v) is 12.1. The van der Waals surface area contributed by atoms with Gasteiger partial charge in [-0.2, -0.15) is 0 Å². The highest BCUT2D eigenvalue weighted by Gasteiger charge is 2.43. The molecule has 3 rings (SSSR count). The third-order valence-corrected chi connectivity index (χ3v) is 4.88. The van der Waals surface area contributed by atoms with Crippen LogP contribution in [0.5, 0.6) is 0 Å². The smallest absolute Gasteiger partial charge is 0.252 e. The highest BCUT2D eigenvalue weighted by Crippen LogP contribution is 2.41. The molecule has 0 bridgehead atoms. The molecule has 21 heavy (non-hydrogen) atoms. The van der Waals surface area contributed by atoms with Gasteiger partial charge < -0.3 is 21.5 Å². The second-order valence-electron chi connectivity index (χ2n) is 6.25. The first-order valence-electron chi connectivity index (χ1n) is 7.52. The number of aromatic nitrogens is 1. The van der Waals surface area contributed by atoms with Gasteiger partial charge in [-0.3, -0.25) is 4.79 Å². The molecule has 5 N–H and O–H groups in total. The highest BCUT2D eigenvalue weighted by molar-refractivity contribution is 5.98. The summed E-state index contributed by atoms with van der Waals surface area (Å²) in [6.45, 7) is 1.40. The zero-order valence-electron chi connectivity index (χ0n) is 12.1. The number of anilines is 2. The number of hydrogen-bond acceptors (Lipinski definition) is 5. The SMILES string of the molecule is NC(=O)c1cc(N)cnc1N1CCC2(O)CCCCC2C1. The summed E-state index contributed by atoms with van der Waals surface area (Å²) in [6, 6.07) is 1.58. The van der Waals surface area contributed by atoms with Gasteiger partial charge in [-0.25, -0.2) is 4.98 Å². The van der Waals surface area contributed by atoms with Crippen molar-refractivity contribution in [1.29, 1.82) is 0 Å². The van der Waals surface area contributed by atoms with Crippen molar-refractivity contribution in [2.24, 2.45) is 11.7 Å². The highest BCUT2D eigenvalue weighted by atomic mass is 16.3. The molecule has 2 aliphatic rings. The summed E-state index contributed by atoms with van der Waals surface area (Å²) >= 11 is 0. The summed E-state index contributed by atoms with van der Waals surface area (Å²) in [7, 11) is 0. The second kappa shape index (κ2) is 5.18. The first-order chi connectivity index (χ1) is 9.99. The Morgan fingerprint density at radius 2 is 2.24 bits per heavy atom. The molecule has 1 amide bonds. The van der Waals surface area contributed by atoms with E-state index in [2.05, 4.69) is 9.88 Å². The fourth-order valence-electron chi connectivity index (χ4n) is 3.67. The minimum Gasteiger partial charge on any atom is -0.397 e. The lowest BCUT2D eigenvalue weighted by molar-refractivity contribution is -0.0613. The van der Waals surface area contributed by atoms with Crippen molar-refractivity contribution in [3.8, 4) is 0 Å². The maximum atomic E-state index is 11.6. The Labute approximate surface area is 124 Å². The van der Waals surface area contributed by atoms with Gasteiger partial charge in [0.2, 0.25) is 0 Å². The molecule has 2 fully saturated rings. The molecular formula is C15H22N4O2. The maximum absolute atomic E-state index is 11.6. The number of rotatable bonds is 2. The van der Waals surface area contributed by atoms with Crippen molar-refractivity contribution < 1.29 is 9.90 Å². The average Bonchev–Trinajstić information content (AvgIpc) is 2.46. The predicted octanol–water partition coefficient (Wildman–Crippen LogP) is 0.894. The molecule has 114 valence electrons. The third-order valence-electron chi connectivity index (χ3n) is 4.88. The molecule has 2 heterocycles. The number of nitrogens with two attached hydrogens (primary N) is 2. The quantitative estimate of drug-likeness (QED) is 0.750. The zero-order chi connectivity index (χ0) is 15.0. The molecule has 2 unspecified atom stereocenters. The van der Waals surface area contributed by atoms with E-state index >= 15 is 0 Å². The summed E-state index contributed by atoms with van der Waals surface area (Å²) in [4.78, 5) is 18.0. The maximum Gasteiger partial charge on any atom is 0.252 e. The number of piperidine rings is 1. The molecule has 2 atom stereocenters. The van der Waals surface area contributed by atoms with Crippen LogP contribution in [0.25, 0.3) is 0 Å². The number of pyridine rings is 1. The van der Waals surface area contributed by atoms with Crippen LogP contribution in [0.1, 0.15) is 42.5 Å². The van der Waals surface area contributed by atoms with Gasteiger partial charge in [0, 0.05) is 19.0 Å². The van der Waals surface area contributed by atoms with Crippen molar-refractivity contribution >= 4 is 17.4 Å². The Morgan fingerprint density at radius 1 is 1.43 bits per heavy atom. The average molecular weight is 290 g/mol. The minimum atomic E-state index is -0.546. The molecule has 1 aromatic heterocycles. The number of carbonyl (C=O) groups is 1. The van der Waals surface area contributed by atoms with Gasteiger partial charge in [0.1, 0.15) is 5.82 Å². The van der Waals surface area contributed by atoms with E-state index in [1.165, 1.54) is 0 Å². The van der Waals surface area contributed by atoms with Gasteiger partial charge in [-0.05, 0) is 25.3 Å². The van der Waals surface area contributed by atoms with Crippen molar-refractivity contribution in [1.82, 2.24) is 4.98 Å². The molecule has 6 heteroatoms. The van der Waals surface area contributed by atoms with Gasteiger partial charge in [0.05, 0.1) is 23.0 Å². The lowest BCUT2D eigenvalue weighted by atomic mass is 9.71. The minimum absolute atomic E-state index is 0.236. The van der Waals surface area contributed by atoms with Gasteiger partial charge in [-0.1, -0.05) is 12.8 Å². The molecule has 1 saturated heterocycles. The summed E-state index contributed by atoms with van der Waals surface area (Å²) in [6.07, 6.45) is 6.40. The number of primary amides is 1. The molecule has 0 radical (unpaired) electrons. The van der Waals surface area contributed by atoms with Gasteiger partial charge in [0.25, 0.3) is 5.91 Å². The first-order valence-corrected chi connectivity index (χ1v) is 7.52. The first kappa shape index (κ1) is 14.1. The topological polar surface area (TPSA) is 105 Å². The number of carbonyl (C=O) groups excluding carboxylic acids is 1. The van der Waals surface area contributed by atoms with Crippen LogP contribution >= 0.6 is 0 Å². The fourth-order valence-corrected chi connectivity index (χ4v) is 3.67. The fraction of sp³-hybridized carbons (Fsp3) is 0.600. The summed E-state index contributed by atoms with van der Waals surface area (Å²) in [5.74, 6) is 0.304. The number of nitrogens with zero attached hydrogens (tertiary/aromatic N) is 2. The van der Waals surface area contributed by atoms with E-state index in [-0.39, 0.29) is 5.92 Å². The number of aliphatic hydroxyl groups is 1. The van der Waals surface area contributed by atoms with E-state index in [0.29, 0.717) is 36.6 Å². The number of amides is 1. The van der Waals surface area contributed by atoms with Gasteiger partial charge in [-0.15, -0.1) is 0 Å². The van der Waals surface area contributed by atoms with Crippen LogP contribution in [0.2, 0.25) is 0 Å². The molecule has 6 nitrogen and oxygen atoms in total. The van der Waals surface area contributed by atoms with Gasteiger partial charge >= 0.3 is 0 Å². The van der Waals surface area contributed by atoms with E-state index in [1.54, 1.807) is 12.3 Å². The lowest BCUT2D eigenvalue weighted by Crippen LogP contribution is -2.53. The molecule has 1 aromatic rings. The monoisotopic (exact) mass is 290 g/mol. The van der Waals surface area contributed by atoms with Crippen LogP contribution in [0.3, 0.4) is 0 Å². The number of nitrogen functional groups attached to an aromatic ring is 1. The summed E-state index contributed by atoms with van der Waals surface area (Å²) in [5, 5.41) is 10.7. The molecule has 1 saturated carbocycles. The van der Waals surface area contributed by atoms with Crippen LogP contribution < -0.4 is 16.4 Å². The van der Waals surface area contributed by atoms with Crippen LogP contribution in [0, 0.1) is 5.92 Å². The molecule has 0 spiro atoms. The van der Waals surface area contributed by atoms with Crippen LogP contribution in [-0.2, 0) is 0 Å². The van der Waals surface area contributed by atoms with Crippen molar-refractivity contribution in [2.45, 2.75) is 37.7 Å². The molecular weight excluding hydrogens is 268 g/mol. The normalized spacial score (nSPS) is 29.0. The Hall–Kier alpha value is -1.82. The van der Waals surface area contributed by atoms with E-state index in [9.17, 15) is 9.90 Å². The Bertz CT molecular complexity index is 563. The van der Waals surface area contributed by atoms with E-state index in [4.69, 9.17) is 11.5 Å². The third kappa shape index (κ3) is 2.55. The van der Waals surface area contributed by atoms with Crippen molar-refractivity contribution in [2.75, 3.05) is 23.7 Å². The largest absolute Gasteiger partial charge is 0.397 e. The summed E-state index contributed by atoms with van der Waals surface area (Å²) < 4.78 is 0. The standard InChI is InChI=1S/C15H22N4O2/c16-11-7-12(13(17)20)14(18-8-11)19-6-5-15(21)4-2-1-3-10(15)9-19/h7-8,10,21H,1-6,9,16H2,(H2,17,20). The lowest BCUT2D eigenvalue weighted by Gasteiger charge is -2.48. The van der Waals surface area contributed by atoms with E-state index in [1.807, 2.05) is 0 Å². The Morgan fingerprint density at radius 3 is 3.00 bits per heavy atom. The second-order valence-corrected chi connectivity index (χ2v) is 6.25. The van der Waals surface area contributed by atoms with E-state index < -0.39 is 11.5 Å². The number of hydrogen-bond donors (Lipinski definition) is 3. The van der Waals surface area contributed by atoms with E-state index in [0.717, 1.165) is 25.7 Å². The molecule has 1 aliphatic heterocycles. The Kier molecular flexibility index (Phi) is 3.49. The van der Waals surface area contributed by atoms with Crippen LogP contribution in [-0.4, -0.2) is 34.7 Å². The van der Waals surface area contributed by atoms with Crippen LogP contribution in [0.15, 0.2) is 12.3 Å². The van der Waals surface area contributed by atoms with Crippen molar-refractivity contribution in [3.63, 3.8) is 0 Å². The van der Waals surface area contributed by atoms with Crippen molar-refractivity contribution in [3.05, 3.63) is 17.8 Å². The van der Waals surface area contributed by atoms with Crippen LogP contribution in [0.4, 0.5) is 11.5 Å². The van der Waals surface area contributed by atoms with Gasteiger partial charge in [0.15, 0.2) is 0 Å². The summed E-state index contributed by atoms with van der Waals surface area (Å²) in [5.41, 5.74) is 11.4. The number of fused-ring (bicyclic) bond motifs is 1. The molecule has 1 aliphatic carbocycles. The predicted molar refractivity (Wildman–Crippen MR) is 80.9 cm³/mol.